The first-order chi connectivity index (χ1) is 7.87. The first-order valence-electron chi connectivity index (χ1n) is 4.31. The highest BCUT2D eigenvalue weighted by atomic mass is 79.9. The minimum atomic E-state index is -4.88. The SMILES string of the molecule is N#CCc1[nH]c(=O)cc(OC(F)(F)F)c1CBr. The fourth-order valence-corrected chi connectivity index (χ4v) is 1.82. The Balaban J connectivity index is 3.29. The van der Waals surface area contributed by atoms with Crippen LogP contribution in [0, 0.1) is 11.3 Å². The maximum atomic E-state index is 12.1. The number of halogens is 4. The Bertz CT molecular complexity index is 504. The van der Waals surface area contributed by atoms with E-state index in [0.29, 0.717) is 6.07 Å². The third-order valence-electron chi connectivity index (χ3n) is 1.81. The van der Waals surface area contributed by atoms with Crippen LogP contribution in [0.2, 0.25) is 0 Å². The predicted octanol–water partition coefficient (Wildman–Crippen LogP) is 2.23. The molecule has 0 radical (unpaired) electrons. The summed E-state index contributed by atoms with van der Waals surface area (Å²) in [7, 11) is 0. The highest BCUT2D eigenvalue weighted by Gasteiger charge is 2.32. The van der Waals surface area contributed by atoms with Gasteiger partial charge in [-0.25, -0.2) is 0 Å². The number of hydrogen-bond donors (Lipinski definition) is 1. The number of H-pyrrole nitrogens is 1. The number of rotatable bonds is 3. The van der Waals surface area contributed by atoms with Crippen molar-refractivity contribution in [3.05, 3.63) is 27.7 Å². The van der Waals surface area contributed by atoms with Gasteiger partial charge < -0.3 is 9.72 Å². The first-order valence-corrected chi connectivity index (χ1v) is 5.43. The monoisotopic (exact) mass is 310 g/mol. The largest absolute Gasteiger partial charge is 0.573 e. The summed E-state index contributed by atoms with van der Waals surface area (Å²) < 4.78 is 40.0. The van der Waals surface area contributed by atoms with E-state index < -0.39 is 17.7 Å². The number of nitriles is 1. The molecule has 0 aliphatic carbocycles. The molecule has 0 aliphatic heterocycles. The summed E-state index contributed by atoms with van der Waals surface area (Å²) in [5.41, 5.74) is -0.543. The van der Waals surface area contributed by atoms with Crippen LogP contribution in [0.1, 0.15) is 11.3 Å². The molecule has 0 fully saturated rings. The van der Waals surface area contributed by atoms with Crippen molar-refractivity contribution >= 4 is 15.9 Å². The summed E-state index contributed by atoms with van der Waals surface area (Å²) in [4.78, 5) is 13.4. The Morgan fingerprint density at radius 1 is 1.53 bits per heavy atom. The number of nitrogens with zero attached hydrogens (tertiary/aromatic N) is 1. The van der Waals surface area contributed by atoms with E-state index in [9.17, 15) is 18.0 Å². The number of nitrogens with one attached hydrogen (secondary N) is 1. The Morgan fingerprint density at radius 2 is 2.18 bits per heavy atom. The van der Waals surface area contributed by atoms with Crippen LogP contribution in [0.5, 0.6) is 5.75 Å². The molecule has 0 saturated carbocycles. The number of aromatic nitrogens is 1. The summed E-state index contributed by atoms with van der Waals surface area (Å²) in [5.74, 6) is -0.594. The van der Waals surface area contributed by atoms with Gasteiger partial charge in [-0.05, 0) is 0 Å². The van der Waals surface area contributed by atoms with Crippen molar-refractivity contribution in [3.63, 3.8) is 0 Å². The van der Waals surface area contributed by atoms with Gasteiger partial charge >= 0.3 is 6.36 Å². The second-order valence-electron chi connectivity index (χ2n) is 2.97. The zero-order chi connectivity index (χ0) is 13.1. The molecule has 0 aromatic carbocycles. The smallest absolute Gasteiger partial charge is 0.405 e. The minimum Gasteiger partial charge on any atom is -0.405 e. The van der Waals surface area contributed by atoms with E-state index >= 15 is 0 Å². The summed E-state index contributed by atoms with van der Waals surface area (Å²) in [6.07, 6.45) is -5.08. The molecule has 0 saturated heterocycles. The Morgan fingerprint density at radius 3 is 2.65 bits per heavy atom. The Kier molecular flexibility index (Phi) is 4.17. The Labute approximate surface area is 102 Å². The van der Waals surface area contributed by atoms with Gasteiger partial charge in [0.15, 0.2) is 0 Å². The molecule has 4 nitrogen and oxygen atoms in total. The molecule has 8 heteroatoms. The van der Waals surface area contributed by atoms with Crippen LogP contribution < -0.4 is 10.3 Å². The van der Waals surface area contributed by atoms with Crippen LogP contribution in [0.4, 0.5) is 13.2 Å². The molecule has 0 atom stereocenters. The van der Waals surface area contributed by atoms with Crippen LogP contribution in [-0.4, -0.2) is 11.3 Å². The first kappa shape index (κ1) is 13.6. The van der Waals surface area contributed by atoms with Crippen LogP contribution in [0.25, 0.3) is 0 Å². The molecule has 1 N–H and O–H groups in total. The molecule has 0 unspecified atom stereocenters. The second-order valence-corrected chi connectivity index (χ2v) is 3.53. The molecule has 0 bridgehead atoms. The summed E-state index contributed by atoms with van der Waals surface area (Å²) >= 11 is 2.98. The lowest BCUT2D eigenvalue weighted by Crippen LogP contribution is -2.21. The van der Waals surface area contributed by atoms with E-state index in [1.165, 1.54) is 0 Å². The van der Waals surface area contributed by atoms with Crippen molar-refractivity contribution in [1.29, 1.82) is 5.26 Å². The molecule has 0 amide bonds. The number of hydrogen-bond acceptors (Lipinski definition) is 3. The summed E-state index contributed by atoms with van der Waals surface area (Å²) in [6, 6.07) is 2.45. The van der Waals surface area contributed by atoms with Gasteiger partial charge in [0.1, 0.15) is 5.75 Å². The maximum absolute atomic E-state index is 12.1. The zero-order valence-corrected chi connectivity index (χ0v) is 9.85. The highest BCUT2D eigenvalue weighted by molar-refractivity contribution is 9.08. The topological polar surface area (TPSA) is 65.9 Å². The van der Waals surface area contributed by atoms with Gasteiger partial charge in [0.2, 0.25) is 0 Å². The van der Waals surface area contributed by atoms with Crippen molar-refractivity contribution in [1.82, 2.24) is 4.98 Å². The van der Waals surface area contributed by atoms with Crippen LogP contribution >= 0.6 is 15.9 Å². The molecule has 0 spiro atoms. The van der Waals surface area contributed by atoms with Crippen molar-refractivity contribution in [2.75, 3.05) is 0 Å². The van der Waals surface area contributed by atoms with Gasteiger partial charge in [0, 0.05) is 22.7 Å². The average molecular weight is 311 g/mol. The lowest BCUT2D eigenvalue weighted by atomic mass is 10.1. The number of alkyl halides is 4. The minimum absolute atomic E-state index is 0.0339. The molecule has 1 heterocycles. The van der Waals surface area contributed by atoms with Crippen molar-refractivity contribution in [2.45, 2.75) is 18.1 Å². The molecule has 17 heavy (non-hydrogen) atoms. The van der Waals surface area contributed by atoms with Gasteiger partial charge in [0.25, 0.3) is 5.56 Å². The Hall–Kier alpha value is -1.49. The van der Waals surface area contributed by atoms with Crippen molar-refractivity contribution < 1.29 is 17.9 Å². The maximum Gasteiger partial charge on any atom is 0.573 e. The summed E-state index contributed by atoms with van der Waals surface area (Å²) in [6.45, 7) is 0. The molecular formula is C9H6BrF3N2O2. The predicted molar refractivity (Wildman–Crippen MR) is 55.7 cm³/mol. The summed E-state index contributed by atoms with van der Waals surface area (Å²) in [5, 5.41) is 8.54. The number of pyridine rings is 1. The lowest BCUT2D eigenvalue weighted by Gasteiger charge is -2.13. The van der Waals surface area contributed by atoms with Crippen molar-refractivity contribution in [3.8, 4) is 11.8 Å². The fourth-order valence-electron chi connectivity index (χ4n) is 1.21. The van der Waals surface area contributed by atoms with E-state index in [1.54, 1.807) is 6.07 Å². The molecule has 1 aromatic heterocycles. The molecular weight excluding hydrogens is 305 g/mol. The van der Waals surface area contributed by atoms with Crippen LogP contribution in [-0.2, 0) is 11.8 Å². The van der Waals surface area contributed by atoms with Crippen molar-refractivity contribution in [2.24, 2.45) is 0 Å². The van der Waals surface area contributed by atoms with Crippen LogP contribution in [0.3, 0.4) is 0 Å². The molecule has 1 aromatic rings. The van der Waals surface area contributed by atoms with Gasteiger partial charge in [-0.15, -0.1) is 13.2 Å². The zero-order valence-electron chi connectivity index (χ0n) is 8.27. The van der Waals surface area contributed by atoms with E-state index in [1.807, 2.05) is 0 Å². The van der Waals surface area contributed by atoms with Gasteiger partial charge in [-0.3, -0.25) is 4.79 Å². The van der Waals surface area contributed by atoms with E-state index in [2.05, 4.69) is 25.7 Å². The van der Waals surface area contributed by atoms with Gasteiger partial charge in [0.05, 0.1) is 12.5 Å². The fraction of sp³-hybridized carbons (Fsp3) is 0.333. The normalized spacial score (nSPS) is 11.0. The molecule has 92 valence electrons. The third-order valence-corrected chi connectivity index (χ3v) is 2.37. The van der Waals surface area contributed by atoms with Gasteiger partial charge in [-0.1, -0.05) is 15.9 Å². The van der Waals surface area contributed by atoms with Crippen LogP contribution in [0.15, 0.2) is 10.9 Å². The number of ether oxygens (including phenoxy) is 1. The van der Waals surface area contributed by atoms with Gasteiger partial charge in [-0.2, -0.15) is 5.26 Å². The highest BCUT2D eigenvalue weighted by Crippen LogP contribution is 2.28. The number of aromatic amines is 1. The quantitative estimate of drug-likeness (QED) is 0.871. The standard InChI is InChI=1S/C9H6BrF3N2O2/c10-4-5-6(1-2-14)15-8(16)3-7(5)17-9(11,12)13/h3H,1,4H2,(H,15,16). The van der Waals surface area contributed by atoms with E-state index in [4.69, 9.17) is 5.26 Å². The lowest BCUT2D eigenvalue weighted by molar-refractivity contribution is -0.274. The average Bonchev–Trinajstić information content (AvgIpc) is 2.15. The van der Waals surface area contributed by atoms with E-state index in [-0.39, 0.29) is 23.0 Å². The molecule has 1 rings (SSSR count). The third kappa shape index (κ3) is 3.78. The molecule has 0 aliphatic rings. The second kappa shape index (κ2) is 5.23. The van der Waals surface area contributed by atoms with E-state index in [0.717, 1.165) is 0 Å².